The molecule has 0 bridgehead atoms. The molecule has 0 radical (unpaired) electrons. The van der Waals surface area contributed by atoms with Crippen molar-refractivity contribution < 1.29 is 17.9 Å². The number of hydrogen-bond acceptors (Lipinski definition) is 5. The molecule has 0 spiro atoms. The molecule has 27 heavy (non-hydrogen) atoms. The van der Waals surface area contributed by atoms with Gasteiger partial charge in [0, 0.05) is 23.1 Å². The summed E-state index contributed by atoms with van der Waals surface area (Å²) < 4.78 is 32.3. The Morgan fingerprint density at radius 1 is 1.26 bits per heavy atom. The second-order valence-electron chi connectivity index (χ2n) is 5.99. The van der Waals surface area contributed by atoms with E-state index in [2.05, 4.69) is 5.32 Å². The smallest absolute Gasteiger partial charge is 0.263 e. The summed E-state index contributed by atoms with van der Waals surface area (Å²) in [6, 6.07) is 6.06. The average molecular weight is 449 g/mol. The van der Waals surface area contributed by atoms with Gasteiger partial charge in [-0.15, -0.1) is 11.3 Å². The zero-order valence-electron chi connectivity index (χ0n) is 14.4. The molecule has 1 aromatic carbocycles. The van der Waals surface area contributed by atoms with Crippen molar-refractivity contribution >= 4 is 50.5 Å². The number of amides is 1. The zero-order valence-corrected chi connectivity index (χ0v) is 17.6. The molecule has 1 N–H and O–H groups in total. The second-order valence-corrected chi connectivity index (χ2v) is 9.66. The van der Waals surface area contributed by atoms with Gasteiger partial charge in [0.15, 0.2) is 0 Å². The van der Waals surface area contributed by atoms with Crippen molar-refractivity contribution in [2.75, 3.05) is 26.3 Å². The summed E-state index contributed by atoms with van der Waals surface area (Å²) in [7, 11) is -3.75. The van der Waals surface area contributed by atoms with Crippen LogP contribution in [0.2, 0.25) is 10.0 Å². The van der Waals surface area contributed by atoms with E-state index in [-0.39, 0.29) is 22.9 Å². The summed E-state index contributed by atoms with van der Waals surface area (Å²) >= 11 is 13.2. The largest absolute Gasteiger partial charge is 0.379 e. The third-order valence-corrected chi connectivity index (χ3v) is 7.75. The van der Waals surface area contributed by atoms with Crippen molar-refractivity contribution in [1.29, 1.82) is 0 Å². The van der Waals surface area contributed by atoms with Crippen LogP contribution in [0.1, 0.15) is 28.2 Å². The topological polar surface area (TPSA) is 75.7 Å². The highest BCUT2D eigenvalue weighted by Gasteiger charge is 2.31. The fraction of sp³-hybridized carbons (Fsp3) is 0.353. The van der Waals surface area contributed by atoms with E-state index in [4.69, 9.17) is 27.9 Å². The van der Waals surface area contributed by atoms with Gasteiger partial charge in [0.1, 0.15) is 9.77 Å². The molecule has 1 atom stereocenters. The molecule has 10 heteroatoms. The van der Waals surface area contributed by atoms with Gasteiger partial charge in [-0.1, -0.05) is 29.3 Å². The van der Waals surface area contributed by atoms with E-state index >= 15 is 0 Å². The molecule has 6 nitrogen and oxygen atoms in total. The van der Waals surface area contributed by atoms with E-state index in [0.29, 0.717) is 28.8 Å². The Bertz CT molecular complexity index is 940. The molecule has 1 aliphatic rings. The fourth-order valence-corrected chi connectivity index (χ4v) is 6.07. The molecule has 0 saturated carbocycles. The van der Waals surface area contributed by atoms with Gasteiger partial charge in [-0.25, -0.2) is 8.42 Å². The summed E-state index contributed by atoms with van der Waals surface area (Å²) in [5, 5.41) is 5.34. The normalized spacial score (nSPS) is 16.9. The Morgan fingerprint density at radius 3 is 2.63 bits per heavy atom. The van der Waals surface area contributed by atoms with Gasteiger partial charge in [0.25, 0.3) is 5.91 Å². The monoisotopic (exact) mass is 448 g/mol. The van der Waals surface area contributed by atoms with E-state index in [1.54, 1.807) is 30.5 Å². The lowest BCUT2D eigenvalue weighted by atomic mass is 10.1. The number of carbonyl (C=O) groups is 1. The molecule has 2 aromatic rings. The van der Waals surface area contributed by atoms with Crippen molar-refractivity contribution in [1.82, 2.24) is 9.62 Å². The van der Waals surface area contributed by atoms with Crippen LogP contribution in [0.4, 0.5) is 0 Å². The van der Waals surface area contributed by atoms with Gasteiger partial charge in [-0.05, 0) is 36.1 Å². The van der Waals surface area contributed by atoms with Gasteiger partial charge >= 0.3 is 0 Å². The minimum Gasteiger partial charge on any atom is -0.379 e. The van der Waals surface area contributed by atoms with Gasteiger partial charge in [0.05, 0.1) is 19.3 Å². The Kier molecular flexibility index (Phi) is 6.45. The molecular weight excluding hydrogens is 431 g/mol. The first-order valence-electron chi connectivity index (χ1n) is 8.22. The third-order valence-electron chi connectivity index (χ3n) is 4.20. The second kappa shape index (κ2) is 8.46. The van der Waals surface area contributed by atoms with Crippen LogP contribution in [0, 0.1) is 0 Å². The molecule has 1 saturated heterocycles. The number of rotatable bonds is 5. The number of halogens is 2. The molecular formula is C17H18Cl2N2O4S2. The van der Waals surface area contributed by atoms with Crippen LogP contribution in [-0.2, 0) is 14.8 Å². The predicted octanol–water partition coefficient (Wildman–Crippen LogP) is 3.57. The molecule has 1 amide bonds. The highest BCUT2D eigenvalue weighted by Crippen LogP contribution is 2.29. The minimum atomic E-state index is -3.75. The maximum Gasteiger partial charge on any atom is 0.263 e. The van der Waals surface area contributed by atoms with Crippen molar-refractivity contribution in [2.24, 2.45) is 0 Å². The molecule has 3 rings (SSSR count). The van der Waals surface area contributed by atoms with Crippen molar-refractivity contribution in [2.45, 2.75) is 17.9 Å². The Labute approximate surface area is 172 Å². The third kappa shape index (κ3) is 4.47. The number of ether oxygens (including phenoxy) is 1. The standard InChI is InChI=1S/C17H18Cl2N2O4S2/c1-11(13-3-2-12(18)10-14(13)19)20-17(22)16-15(4-9-26-16)27(23,24)21-5-7-25-8-6-21/h2-4,9-11H,5-8H2,1H3,(H,20,22). The number of carbonyl (C=O) groups excluding carboxylic acids is 1. The number of sulfonamides is 1. The lowest BCUT2D eigenvalue weighted by molar-refractivity contribution is 0.0730. The van der Waals surface area contributed by atoms with Crippen molar-refractivity contribution in [3.05, 3.63) is 50.1 Å². The number of nitrogens with one attached hydrogen (secondary N) is 1. The lowest BCUT2D eigenvalue weighted by Gasteiger charge is -2.26. The number of thiophene rings is 1. The summed E-state index contributed by atoms with van der Waals surface area (Å²) in [6.45, 7) is 3.01. The highest BCUT2D eigenvalue weighted by atomic mass is 35.5. The van der Waals surface area contributed by atoms with E-state index in [1.165, 1.54) is 10.4 Å². The van der Waals surface area contributed by atoms with Gasteiger partial charge in [-0.2, -0.15) is 4.31 Å². The maximum absolute atomic E-state index is 12.9. The van der Waals surface area contributed by atoms with Crippen molar-refractivity contribution in [3.63, 3.8) is 0 Å². The molecule has 2 heterocycles. The first kappa shape index (κ1) is 20.6. The summed E-state index contributed by atoms with van der Waals surface area (Å²) in [4.78, 5) is 12.9. The fourth-order valence-electron chi connectivity index (χ4n) is 2.78. The number of benzene rings is 1. The molecule has 1 aliphatic heterocycles. The van der Waals surface area contributed by atoms with Crippen LogP contribution in [0.3, 0.4) is 0 Å². The van der Waals surface area contributed by atoms with E-state index in [0.717, 1.165) is 11.3 Å². The zero-order chi connectivity index (χ0) is 19.6. The maximum atomic E-state index is 12.9. The van der Waals surface area contributed by atoms with Crippen LogP contribution < -0.4 is 5.32 Å². The number of hydrogen-bond donors (Lipinski definition) is 1. The Morgan fingerprint density at radius 2 is 1.96 bits per heavy atom. The first-order chi connectivity index (χ1) is 12.8. The highest BCUT2D eigenvalue weighted by molar-refractivity contribution is 7.89. The van der Waals surface area contributed by atoms with Crippen LogP contribution in [-0.4, -0.2) is 44.9 Å². The summed E-state index contributed by atoms with van der Waals surface area (Å²) in [5.41, 5.74) is 0.698. The number of morpholine rings is 1. The molecule has 1 aromatic heterocycles. The quantitative estimate of drug-likeness (QED) is 0.758. The minimum absolute atomic E-state index is 0.0151. The van der Waals surface area contributed by atoms with Crippen LogP contribution in [0.15, 0.2) is 34.5 Å². The van der Waals surface area contributed by atoms with Crippen LogP contribution >= 0.6 is 34.5 Å². The molecule has 146 valence electrons. The van der Waals surface area contributed by atoms with E-state index in [9.17, 15) is 13.2 Å². The van der Waals surface area contributed by atoms with Gasteiger partial charge < -0.3 is 10.1 Å². The molecule has 1 fully saturated rings. The first-order valence-corrected chi connectivity index (χ1v) is 11.3. The van der Waals surface area contributed by atoms with Gasteiger partial charge in [0.2, 0.25) is 10.0 Å². The molecule has 1 unspecified atom stereocenters. The average Bonchev–Trinajstić information content (AvgIpc) is 3.13. The van der Waals surface area contributed by atoms with Gasteiger partial charge in [-0.3, -0.25) is 4.79 Å². The van der Waals surface area contributed by atoms with Crippen LogP contribution in [0.5, 0.6) is 0 Å². The van der Waals surface area contributed by atoms with E-state index < -0.39 is 22.0 Å². The van der Waals surface area contributed by atoms with Crippen molar-refractivity contribution in [3.8, 4) is 0 Å². The number of nitrogens with zero attached hydrogens (tertiary/aromatic N) is 1. The van der Waals surface area contributed by atoms with E-state index in [1.807, 2.05) is 0 Å². The summed E-state index contributed by atoms with van der Waals surface area (Å²) in [5.74, 6) is -0.463. The Balaban J connectivity index is 1.81. The lowest BCUT2D eigenvalue weighted by Crippen LogP contribution is -2.41. The SMILES string of the molecule is CC(NC(=O)c1sccc1S(=O)(=O)N1CCOCC1)c1ccc(Cl)cc1Cl. The summed E-state index contributed by atoms with van der Waals surface area (Å²) in [6.07, 6.45) is 0. The Hall–Kier alpha value is -1.16. The molecule has 0 aliphatic carbocycles. The van der Waals surface area contributed by atoms with Crippen LogP contribution in [0.25, 0.3) is 0 Å². The predicted molar refractivity (Wildman–Crippen MR) is 106 cm³/mol.